The molecule has 2 amide bonds. The van der Waals surface area contributed by atoms with E-state index in [1.54, 1.807) is 0 Å². The second-order valence-corrected chi connectivity index (χ2v) is 7.22. The summed E-state index contributed by atoms with van der Waals surface area (Å²) in [5, 5.41) is 10.3. The van der Waals surface area contributed by atoms with E-state index in [-0.39, 0.29) is 23.8 Å². The highest BCUT2D eigenvalue weighted by molar-refractivity contribution is 5.77. The van der Waals surface area contributed by atoms with Crippen molar-refractivity contribution in [1.29, 1.82) is 0 Å². The van der Waals surface area contributed by atoms with Crippen LogP contribution in [0, 0.1) is 5.92 Å². The number of likely N-dealkylation sites (tertiary alicyclic amines) is 1. The molecule has 2 N–H and O–H groups in total. The third-order valence-corrected chi connectivity index (χ3v) is 4.53. The van der Waals surface area contributed by atoms with E-state index in [1.807, 2.05) is 49.1 Å². The number of benzene rings is 1. The molecule has 1 fully saturated rings. The molecule has 2 aromatic rings. The Labute approximate surface area is 153 Å². The van der Waals surface area contributed by atoms with Crippen molar-refractivity contribution in [1.82, 2.24) is 25.4 Å². The Kier molecular flexibility index (Phi) is 5.35. The summed E-state index contributed by atoms with van der Waals surface area (Å²) in [5.74, 6) is 1.52. The SMILES string of the molecule is CC(=O)N[C@@H]1CN(C(=O)CC(C)C)C[C@H]1c1nc(-c2ccccc2)n[nH]1. The molecule has 7 nitrogen and oxygen atoms in total. The number of nitrogens with one attached hydrogen (secondary N) is 2. The normalized spacial score (nSPS) is 19.8. The van der Waals surface area contributed by atoms with Gasteiger partial charge in [0.15, 0.2) is 5.82 Å². The van der Waals surface area contributed by atoms with Gasteiger partial charge in [-0.15, -0.1) is 0 Å². The molecular formula is C19H25N5O2. The lowest BCUT2D eigenvalue weighted by Gasteiger charge is -2.17. The molecular weight excluding hydrogens is 330 g/mol. The van der Waals surface area contributed by atoms with E-state index in [0.29, 0.717) is 37.1 Å². The standard InChI is InChI=1S/C19H25N5O2/c1-12(2)9-17(26)24-10-15(16(11-24)20-13(3)25)19-21-18(22-23-19)14-7-5-4-6-8-14/h4-8,12,15-16H,9-11H2,1-3H3,(H,20,25)(H,21,22,23)/t15-,16-/m1/s1. The fraction of sp³-hybridized carbons (Fsp3) is 0.474. The Morgan fingerprint density at radius 2 is 2.00 bits per heavy atom. The maximum atomic E-state index is 12.5. The van der Waals surface area contributed by atoms with Gasteiger partial charge in [0.25, 0.3) is 0 Å². The van der Waals surface area contributed by atoms with Gasteiger partial charge in [-0.05, 0) is 5.92 Å². The predicted molar refractivity (Wildman–Crippen MR) is 98.2 cm³/mol. The van der Waals surface area contributed by atoms with Gasteiger partial charge in [0.05, 0.1) is 12.0 Å². The average Bonchev–Trinajstić information content (AvgIpc) is 3.21. The molecule has 138 valence electrons. The molecule has 0 bridgehead atoms. The maximum Gasteiger partial charge on any atom is 0.222 e. The number of carbonyl (C=O) groups is 2. The monoisotopic (exact) mass is 355 g/mol. The van der Waals surface area contributed by atoms with Crippen molar-refractivity contribution < 1.29 is 9.59 Å². The number of aromatic nitrogens is 3. The molecule has 0 spiro atoms. The molecule has 26 heavy (non-hydrogen) atoms. The topological polar surface area (TPSA) is 91.0 Å². The Bertz CT molecular complexity index is 771. The molecule has 1 saturated heterocycles. The minimum absolute atomic E-state index is 0.0972. The van der Waals surface area contributed by atoms with Gasteiger partial charge in [-0.25, -0.2) is 4.98 Å². The van der Waals surface area contributed by atoms with Gasteiger partial charge >= 0.3 is 0 Å². The van der Waals surface area contributed by atoms with Crippen molar-refractivity contribution in [3.63, 3.8) is 0 Å². The van der Waals surface area contributed by atoms with Gasteiger partial charge < -0.3 is 10.2 Å². The average molecular weight is 355 g/mol. The highest BCUT2D eigenvalue weighted by Gasteiger charge is 2.38. The van der Waals surface area contributed by atoms with Crippen LogP contribution in [-0.4, -0.2) is 51.0 Å². The Morgan fingerprint density at radius 3 is 2.65 bits per heavy atom. The van der Waals surface area contributed by atoms with Gasteiger partial charge in [-0.2, -0.15) is 5.10 Å². The zero-order valence-electron chi connectivity index (χ0n) is 15.4. The number of nitrogens with zero attached hydrogens (tertiary/aromatic N) is 3. The van der Waals surface area contributed by atoms with Crippen molar-refractivity contribution in [2.75, 3.05) is 13.1 Å². The van der Waals surface area contributed by atoms with Gasteiger partial charge in [0, 0.05) is 32.0 Å². The van der Waals surface area contributed by atoms with Crippen LogP contribution in [0.2, 0.25) is 0 Å². The molecule has 1 aromatic heterocycles. The van der Waals surface area contributed by atoms with E-state index < -0.39 is 0 Å². The van der Waals surface area contributed by atoms with Crippen LogP contribution in [0.3, 0.4) is 0 Å². The summed E-state index contributed by atoms with van der Waals surface area (Å²) in [5.41, 5.74) is 0.928. The number of carbonyl (C=O) groups excluding carboxylic acids is 2. The van der Waals surface area contributed by atoms with E-state index >= 15 is 0 Å². The van der Waals surface area contributed by atoms with Crippen molar-refractivity contribution in [2.24, 2.45) is 5.92 Å². The Hall–Kier alpha value is -2.70. The zero-order valence-corrected chi connectivity index (χ0v) is 15.4. The van der Waals surface area contributed by atoms with Gasteiger partial charge in [0.2, 0.25) is 11.8 Å². The summed E-state index contributed by atoms with van der Waals surface area (Å²) < 4.78 is 0. The molecule has 2 heterocycles. The minimum Gasteiger partial charge on any atom is -0.351 e. The van der Waals surface area contributed by atoms with E-state index in [2.05, 4.69) is 20.5 Å². The first-order valence-corrected chi connectivity index (χ1v) is 8.96. The molecule has 1 aliphatic rings. The summed E-state index contributed by atoms with van der Waals surface area (Å²) in [6.45, 7) is 6.57. The molecule has 2 atom stereocenters. The molecule has 0 radical (unpaired) electrons. The van der Waals surface area contributed by atoms with Gasteiger partial charge in [-0.1, -0.05) is 44.2 Å². The number of hydrogen-bond acceptors (Lipinski definition) is 4. The quantitative estimate of drug-likeness (QED) is 0.858. The van der Waals surface area contributed by atoms with Crippen LogP contribution in [0.25, 0.3) is 11.4 Å². The van der Waals surface area contributed by atoms with E-state index in [4.69, 9.17) is 0 Å². The second-order valence-electron chi connectivity index (χ2n) is 7.22. The summed E-state index contributed by atoms with van der Waals surface area (Å²) in [6.07, 6.45) is 0.505. The second kappa shape index (κ2) is 7.68. The molecule has 0 saturated carbocycles. The van der Waals surface area contributed by atoms with Crippen LogP contribution in [0.5, 0.6) is 0 Å². The Morgan fingerprint density at radius 1 is 1.27 bits per heavy atom. The van der Waals surface area contributed by atoms with E-state index in [0.717, 1.165) is 5.56 Å². The summed E-state index contributed by atoms with van der Waals surface area (Å²) in [4.78, 5) is 30.5. The molecule has 7 heteroatoms. The highest BCUT2D eigenvalue weighted by Crippen LogP contribution is 2.28. The fourth-order valence-corrected chi connectivity index (χ4v) is 3.33. The first kappa shape index (κ1) is 18.1. The van der Waals surface area contributed by atoms with Crippen LogP contribution in [0.1, 0.15) is 38.9 Å². The predicted octanol–water partition coefficient (Wildman–Crippen LogP) is 1.95. The summed E-state index contributed by atoms with van der Waals surface area (Å²) in [6, 6.07) is 9.55. The largest absolute Gasteiger partial charge is 0.351 e. The van der Waals surface area contributed by atoms with Crippen LogP contribution >= 0.6 is 0 Å². The lowest BCUT2D eigenvalue weighted by molar-refractivity contribution is -0.131. The lowest BCUT2D eigenvalue weighted by atomic mass is 10.0. The molecule has 0 unspecified atom stereocenters. The summed E-state index contributed by atoms with van der Waals surface area (Å²) in [7, 11) is 0. The van der Waals surface area contributed by atoms with Crippen molar-refractivity contribution in [2.45, 2.75) is 39.2 Å². The molecule has 0 aliphatic carbocycles. The first-order chi connectivity index (χ1) is 12.4. The molecule has 1 aliphatic heterocycles. The lowest BCUT2D eigenvalue weighted by Crippen LogP contribution is -2.39. The van der Waals surface area contributed by atoms with Crippen LogP contribution in [0.4, 0.5) is 0 Å². The van der Waals surface area contributed by atoms with Crippen LogP contribution in [0.15, 0.2) is 30.3 Å². The van der Waals surface area contributed by atoms with Crippen LogP contribution < -0.4 is 5.32 Å². The number of H-pyrrole nitrogens is 1. The first-order valence-electron chi connectivity index (χ1n) is 8.96. The minimum atomic E-state index is -0.166. The fourth-order valence-electron chi connectivity index (χ4n) is 3.33. The number of aromatic amines is 1. The Balaban J connectivity index is 1.80. The third-order valence-electron chi connectivity index (χ3n) is 4.53. The van der Waals surface area contributed by atoms with Crippen LogP contribution in [-0.2, 0) is 9.59 Å². The third kappa shape index (κ3) is 4.09. The molecule has 3 rings (SSSR count). The van der Waals surface area contributed by atoms with Gasteiger partial charge in [-0.3, -0.25) is 14.7 Å². The van der Waals surface area contributed by atoms with E-state index in [1.165, 1.54) is 6.92 Å². The number of hydrogen-bond donors (Lipinski definition) is 2. The number of amides is 2. The van der Waals surface area contributed by atoms with Crippen molar-refractivity contribution in [3.05, 3.63) is 36.2 Å². The summed E-state index contributed by atoms with van der Waals surface area (Å²) >= 11 is 0. The maximum absolute atomic E-state index is 12.5. The zero-order chi connectivity index (χ0) is 18.7. The van der Waals surface area contributed by atoms with Crippen molar-refractivity contribution in [3.8, 4) is 11.4 Å². The van der Waals surface area contributed by atoms with Crippen molar-refractivity contribution >= 4 is 11.8 Å². The highest BCUT2D eigenvalue weighted by atomic mass is 16.2. The number of rotatable bonds is 5. The van der Waals surface area contributed by atoms with Gasteiger partial charge in [0.1, 0.15) is 5.82 Å². The molecule has 1 aromatic carbocycles. The van der Waals surface area contributed by atoms with E-state index in [9.17, 15) is 9.59 Å². The smallest absolute Gasteiger partial charge is 0.222 e.